The molecule has 0 bridgehead atoms. The largest absolute Gasteiger partial charge is 0.374 e. The van der Waals surface area contributed by atoms with E-state index in [4.69, 9.17) is 79.8 Å². The summed E-state index contributed by atoms with van der Waals surface area (Å²) in [5, 5.41) is 3.31. The fourth-order valence-electron chi connectivity index (χ4n) is 11.8. The maximum absolute atomic E-state index is 15.0. The molecule has 0 radical (unpaired) electrons. The lowest BCUT2D eigenvalue weighted by Gasteiger charge is -2.51. The van der Waals surface area contributed by atoms with E-state index in [9.17, 15) is 4.79 Å². The fourth-order valence-corrected chi connectivity index (χ4v) is 11.8. The van der Waals surface area contributed by atoms with Gasteiger partial charge in [0.15, 0.2) is 12.6 Å². The first-order chi connectivity index (χ1) is 44.2. The Morgan fingerprint density at radius 1 is 0.456 bits per heavy atom. The van der Waals surface area contributed by atoms with Crippen LogP contribution in [0.15, 0.2) is 212 Å². The first kappa shape index (κ1) is 66.3. The van der Waals surface area contributed by atoms with E-state index in [0.29, 0.717) is 6.61 Å². The number of nitrogens with two attached hydrogens (primary N) is 4. The number of carbonyl (C=O) groups is 1. The van der Waals surface area contributed by atoms with Crippen molar-refractivity contribution in [1.29, 1.82) is 0 Å². The first-order valence-electron chi connectivity index (χ1n) is 31.2. The van der Waals surface area contributed by atoms with Crippen molar-refractivity contribution in [3.05, 3.63) is 251 Å². The minimum atomic E-state index is -1.21. The van der Waals surface area contributed by atoms with Gasteiger partial charge in [0.2, 0.25) is 5.91 Å². The molecule has 7 aromatic carbocycles. The van der Waals surface area contributed by atoms with Crippen molar-refractivity contribution >= 4 is 5.91 Å². The molecule has 9 N–H and O–H groups in total. The van der Waals surface area contributed by atoms with Crippen LogP contribution in [0.4, 0.5) is 0 Å². The van der Waals surface area contributed by atoms with E-state index >= 15 is 0 Å². The van der Waals surface area contributed by atoms with E-state index < -0.39 is 104 Å². The standard InChI is InChI=1S/C72H87N5O13/c1-79-66-61(76)64(82-43-51-27-13-4-14-28-51)60(48-80-41-49-23-9-2-10-24-49)88-71(66)90-63-57(77-70(78)58(37-38-73)81-42-50-25-11-3-12-26-50)39-56(75)62(67(63)84-45-53-31-17-6-18-32-53)89-72-69(86-47-55-35-21-8-22-36-55)68(85-46-54-33-19-7-20-34-54)65(59(40-74)87-72)83-44-52-29-15-5-16-30-52/h2-36,56-69,71-72H,37-48,73-76H2,1H3,(H,77,78)/t56-,57+,58?,59-,60+,61-,62+,63-,64+,65-,66+,67-,68+,69-,71+,72-/m0/s1. The number of amides is 1. The highest BCUT2D eigenvalue weighted by atomic mass is 16.7. The lowest BCUT2D eigenvalue weighted by Crippen LogP contribution is -2.70. The van der Waals surface area contributed by atoms with E-state index in [-0.39, 0.29) is 72.2 Å². The SMILES string of the molecule is CO[C@H]1[C@@H](O[C@@H]2[C@@H](OCc3ccccc3)[C@H](O[C@@H]3O[C@@H](CN)[C@H](OCc4ccccc4)[C@@H](OCc4ccccc4)[C@@H]3OCc3ccccc3)[C@@H](N)C[C@H]2NC(=O)C(CCN)OCc2ccccc2)O[C@H](COCc2ccccc2)[C@@H](OCc2ccccc2)[C@@H]1N. The van der Waals surface area contributed by atoms with Crippen LogP contribution in [-0.4, -0.2) is 131 Å². The van der Waals surface area contributed by atoms with Crippen LogP contribution in [0.5, 0.6) is 0 Å². The van der Waals surface area contributed by atoms with Crippen LogP contribution in [0.3, 0.4) is 0 Å². The van der Waals surface area contributed by atoms with Gasteiger partial charge in [-0.3, -0.25) is 4.79 Å². The summed E-state index contributed by atoms with van der Waals surface area (Å²) in [6, 6.07) is 66.1. The van der Waals surface area contributed by atoms with Gasteiger partial charge in [-0.15, -0.1) is 0 Å². The Balaban J connectivity index is 1.02. The average Bonchev–Trinajstić information content (AvgIpc) is 0.803. The van der Waals surface area contributed by atoms with Crippen LogP contribution in [0, 0.1) is 0 Å². The van der Waals surface area contributed by atoms with E-state index in [1.165, 1.54) is 0 Å². The monoisotopic (exact) mass is 1230 g/mol. The highest BCUT2D eigenvalue weighted by Gasteiger charge is 2.55. The summed E-state index contributed by atoms with van der Waals surface area (Å²) in [5.74, 6) is -0.426. The molecule has 90 heavy (non-hydrogen) atoms. The Hall–Kier alpha value is -6.63. The Kier molecular flexibility index (Phi) is 25.6. The molecule has 1 saturated carbocycles. The number of carbonyl (C=O) groups excluding carboxylic acids is 1. The summed E-state index contributed by atoms with van der Waals surface area (Å²) in [5.41, 5.74) is 34.2. The van der Waals surface area contributed by atoms with Crippen molar-refractivity contribution < 1.29 is 61.6 Å². The van der Waals surface area contributed by atoms with Gasteiger partial charge in [0.25, 0.3) is 0 Å². The smallest absolute Gasteiger partial charge is 0.249 e. The molecular formula is C72H87N5O13. The summed E-state index contributed by atoms with van der Waals surface area (Å²) in [7, 11) is 1.55. The second-order valence-corrected chi connectivity index (χ2v) is 23.0. The van der Waals surface area contributed by atoms with Crippen LogP contribution in [0.25, 0.3) is 0 Å². The average molecular weight is 1230 g/mol. The van der Waals surface area contributed by atoms with Crippen LogP contribution in [-0.2, 0) is 108 Å². The van der Waals surface area contributed by atoms with Gasteiger partial charge < -0.3 is 85.1 Å². The van der Waals surface area contributed by atoms with Crippen molar-refractivity contribution in [2.24, 2.45) is 22.9 Å². The van der Waals surface area contributed by atoms with E-state index in [1.807, 2.05) is 212 Å². The molecule has 1 aliphatic carbocycles. The summed E-state index contributed by atoms with van der Waals surface area (Å²) in [6.07, 6.45) is -12.0. The Labute approximate surface area is 528 Å². The third kappa shape index (κ3) is 18.5. The number of benzene rings is 7. The normalized spacial score (nSPS) is 27.2. The molecule has 2 saturated heterocycles. The summed E-state index contributed by atoms with van der Waals surface area (Å²) in [6.45, 7) is 1.64. The van der Waals surface area contributed by atoms with Crippen molar-refractivity contribution in [1.82, 2.24) is 5.32 Å². The van der Waals surface area contributed by atoms with Gasteiger partial charge in [-0.25, -0.2) is 0 Å². The zero-order valence-electron chi connectivity index (χ0n) is 51.0. The van der Waals surface area contributed by atoms with Gasteiger partial charge >= 0.3 is 0 Å². The van der Waals surface area contributed by atoms with Gasteiger partial charge in [-0.2, -0.15) is 0 Å². The van der Waals surface area contributed by atoms with Crippen molar-refractivity contribution in [2.45, 2.75) is 157 Å². The molecule has 3 fully saturated rings. The zero-order chi connectivity index (χ0) is 62.3. The molecule has 1 amide bonds. The second kappa shape index (κ2) is 34.7. The molecule has 18 heteroatoms. The van der Waals surface area contributed by atoms with Gasteiger partial charge in [-0.1, -0.05) is 212 Å². The summed E-state index contributed by atoms with van der Waals surface area (Å²) < 4.78 is 82.8. The molecule has 478 valence electrons. The third-order valence-electron chi connectivity index (χ3n) is 16.5. The number of rotatable bonds is 32. The fraction of sp³-hybridized carbons (Fsp3) is 0.403. The molecular weight excluding hydrogens is 1140 g/mol. The molecule has 3 aliphatic rings. The first-order valence-corrected chi connectivity index (χ1v) is 31.2. The van der Waals surface area contributed by atoms with Gasteiger partial charge in [0.05, 0.1) is 64.9 Å². The predicted molar refractivity (Wildman–Crippen MR) is 339 cm³/mol. The number of hydrogen-bond acceptors (Lipinski definition) is 17. The van der Waals surface area contributed by atoms with Crippen molar-refractivity contribution in [2.75, 3.05) is 26.8 Å². The molecule has 0 aromatic heterocycles. The number of nitrogens with one attached hydrogen (secondary N) is 1. The quantitative estimate of drug-likeness (QED) is 0.0270. The lowest BCUT2D eigenvalue weighted by molar-refractivity contribution is -0.350. The third-order valence-corrected chi connectivity index (χ3v) is 16.5. The zero-order valence-corrected chi connectivity index (χ0v) is 51.0. The Bertz CT molecular complexity index is 3120. The topological polar surface area (TPSA) is 244 Å². The molecule has 10 rings (SSSR count). The highest BCUT2D eigenvalue weighted by Crippen LogP contribution is 2.38. The van der Waals surface area contributed by atoms with Crippen LogP contribution >= 0.6 is 0 Å². The maximum atomic E-state index is 15.0. The van der Waals surface area contributed by atoms with Crippen LogP contribution < -0.4 is 28.3 Å². The number of ether oxygens (including phenoxy) is 12. The van der Waals surface area contributed by atoms with Crippen LogP contribution in [0.2, 0.25) is 0 Å². The van der Waals surface area contributed by atoms with Crippen molar-refractivity contribution in [3.8, 4) is 0 Å². The Morgan fingerprint density at radius 3 is 1.28 bits per heavy atom. The van der Waals surface area contributed by atoms with Crippen LogP contribution in [0.1, 0.15) is 51.8 Å². The molecule has 1 unspecified atom stereocenters. The van der Waals surface area contributed by atoms with Gasteiger partial charge in [0, 0.05) is 19.7 Å². The maximum Gasteiger partial charge on any atom is 0.249 e. The molecule has 2 aliphatic heterocycles. The lowest BCUT2D eigenvalue weighted by atomic mass is 9.83. The summed E-state index contributed by atoms with van der Waals surface area (Å²) in [4.78, 5) is 15.0. The number of hydrogen-bond donors (Lipinski definition) is 5. The minimum absolute atomic E-state index is 0.0285. The van der Waals surface area contributed by atoms with E-state index in [1.54, 1.807) is 7.11 Å². The minimum Gasteiger partial charge on any atom is -0.374 e. The van der Waals surface area contributed by atoms with Gasteiger partial charge in [-0.05, 0) is 58.3 Å². The van der Waals surface area contributed by atoms with Gasteiger partial charge in [0.1, 0.15) is 67.1 Å². The highest BCUT2D eigenvalue weighted by molar-refractivity contribution is 5.81. The predicted octanol–water partition coefficient (Wildman–Crippen LogP) is 7.80. The van der Waals surface area contributed by atoms with Crippen molar-refractivity contribution in [3.63, 3.8) is 0 Å². The molecule has 2 heterocycles. The van der Waals surface area contributed by atoms with E-state index in [2.05, 4.69) is 5.32 Å². The van der Waals surface area contributed by atoms with E-state index in [0.717, 1.165) is 38.9 Å². The molecule has 18 nitrogen and oxygen atoms in total. The summed E-state index contributed by atoms with van der Waals surface area (Å²) >= 11 is 0. The Morgan fingerprint density at radius 2 is 0.833 bits per heavy atom. The molecule has 0 spiro atoms. The second-order valence-electron chi connectivity index (χ2n) is 23.0. The number of methoxy groups -OCH3 is 1. The molecule has 16 atom stereocenters. The molecule has 7 aromatic rings.